The minimum Gasteiger partial charge on any atom is -0.418 e. The molecule has 0 bridgehead atoms. The summed E-state index contributed by atoms with van der Waals surface area (Å²) in [6.45, 7) is 1.71. The molecule has 1 N–H and O–H groups in total. The molecule has 0 saturated carbocycles. The van der Waals surface area contributed by atoms with Crippen molar-refractivity contribution in [3.05, 3.63) is 78.4 Å². The molecule has 0 spiro atoms. The predicted octanol–water partition coefficient (Wildman–Crippen LogP) is 4.09. The smallest absolute Gasteiger partial charge is 0.418 e. The second kappa shape index (κ2) is 8.15. The van der Waals surface area contributed by atoms with Crippen molar-refractivity contribution in [3.63, 3.8) is 0 Å². The zero-order valence-corrected chi connectivity index (χ0v) is 16.2. The van der Waals surface area contributed by atoms with Crippen LogP contribution >= 0.6 is 7.67 Å². The summed E-state index contributed by atoms with van der Waals surface area (Å²) in [6, 6.07) is 22.1. The van der Waals surface area contributed by atoms with Gasteiger partial charge < -0.3 is 9.26 Å². The Kier molecular flexibility index (Phi) is 5.44. The number of fused-ring (bicyclic) bond motifs is 1. The molecule has 1 heterocycles. The van der Waals surface area contributed by atoms with E-state index in [2.05, 4.69) is 5.09 Å². The highest BCUT2D eigenvalue weighted by atomic mass is 31.2. The zero-order valence-electron chi connectivity index (χ0n) is 15.3. The molecule has 6 nitrogen and oxygen atoms in total. The summed E-state index contributed by atoms with van der Waals surface area (Å²) in [6.07, 6.45) is 0. The topological polar surface area (TPSA) is 67.9 Å². The molecule has 1 saturated heterocycles. The first-order valence-corrected chi connectivity index (χ1v) is 10.7. The van der Waals surface area contributed by atoms with Crippen molar-refractivity contribution in [1.29, 1.82) is 0 Å². The van der Waals surface area contributed by atoms with Crippen LogP contribution in [-0.4, -0.2) is 36.9 Å². The monoisotopic (exact) mass is 396 g/mol. The van der Waals surface area contributed by atoms with Crippen LogP contribution in [0.1, 0.15) is 10.4 Å². The van der Waals surface area contributed by atoms with Crippen molar-refractivity contribution in [2.24, 2.45) is 0 Å². The number of benzene rings is 3. The summed E-state index contributed by atoms with van der Waals surface area (Å²) >= 11 is 0. The highest BCUT2D eigenvalue weighted by molar-refractivity contribution is 7.55. The fourth-order valence-corrected chi connectivity index (χ4v) is 4.90. The maximum atomic E-state index is 13.8. The van der Waals surface area contributed by atoms with Gasteiger partial charge in [-0.15, -0.1) is 0 Å². The number of carbonyl (C=O) groups excluding carboxylic acids is 1. The first kappa shape index (κ1) is 18.7. The number of nitrogens with one attached hydrogen (secondary N) is 1. The van der Waals surface area contributed by atoms with Crippen LogP contribution < -0.4 is 9.61 Å². The van der Waals surface area contributed by atoms with Gasteiger partial charge in [-0.25, -0.2) is 4.57 Å². The summed E-state index contributed by atoms with van der Waals surface area (Å²) in [5, 5.41) is 4.68. The van der Waals surface area contributed by atoms with E-state index in [0.29, 0.717) is 37.6 Å². The molecule has 1 atom stereocenters. The Bertz CT molecular complexity index is 1020. The molecular weight excluding hydrogens is 375 g/mol. The van der Waals surface area contributed by atoms with Crippen molar-refractivity contribution in [3.8, 4) is 5.75 Å². The number of rotatable bonds is 5. The number of morpholine rings is 1. The SMILES string of the molecule is O=C(NP(=O)(Oc1ccc2ccccc2c1)N1CCOCC1)c1ccccc1. The first-order valence-electron chi connectivity index (χ1n) is 9.13. The Balaban J connectivity index is 1.63. The van der Waals surface area contributed by atoms with Crippen LogP contribution in [0.3, 0.4) is 0 Å². The maximum Gasteiger partial charge on any atom is 0.422 e. The number of amides is 1. The van der Waals surface area contributed by atoms with Crippen molar-refractivity contribution < 1.29 is 18.6 Å². The van der Waals surface area contributed by atoms with E-state index in [-0.39, 0.29) is 0 Å². The second-order valence-corrected chi connectivity index (χ2v) is 8.51. The first-order chi connectivity index (χ1) is 13.6. The maximum absolute atomic E-state index is 13.8. The van der Waals surface area contributed by atoms with Gasteiger partial charge >= 0.3 is 7.67 Å². The van der Waals surface area contributed by atoms with E-state index in [1.807, 2.05) is 42.5 Å². The minimum atomic E-state index is -3.66. The number of hydrogen-bond donors (Lipinski definition) is 1. The Labute approximate surface area is 163 Å². The number of nitrogens with zero attached hydrogens (tertiary/aromatic N) is 1. The van der Waals surface area contributed by atoms with Gasteiger partial charge in [-0.1, -0.05) is 48.5 Å². The third-order valence-corrected chi connectivity index (χ3v) is 6.68. The van der Waals surface area contributed by atoms with Crippen molar-refractivity contribution in [2.75, 3.05) is 26.3 Å². The zero-order chi connectivity index (χ0) is 19.4. The van der Waals surface area contributed by atoms with Crippen molar-refractivity contribution >= 4 is 24.3 Å². The standard InChI is InChI=1S/C21H21N2O4P/c24-21(18-7-2-1-3-8-18)22-28(25,23-12-14-26-15-13-23)27-20-11-10-17-6-4-5-9-19(17)16-20/h1-11,16H,12-15H2,(H,22,24,25). The van der Waals surface area contributed by atoms with E-state index < -0.39 is 13.6 Å². The Morgan fingerprint density at radius 3 is 2.36 bits per heavy atom. The molecule has 1 unspecified atom stereocenters. The summed E-state index contributed by atoms with van der Waals surface area (Å²) < 4.78 is 26.7. The normalized spacial score (nSPS) is 17.0. The largest absolute Gasteiger partial charge is 0.422 e. The summed E-state index contributed by atoms with van der Waals surface area (Å²) in [5.74, 6) is 0.0121. The molecule has 3 aromatic carbocycles. The van der Waals surface area contributed by atoms with Crippen molar-refractivity contribution in [2.45, 2.75) is 0 Å². The van der Waals surface area contributed by atoms with Crippen LogP contribution in [-0.2, 0) is 9.30 Å². The predicted molar refractivity (Wildman–Crippen MR) is 108 cm³/mol. The van der Waals surface area contributed by atoms with Gasteiger partial charge in [0, 0.05) is 18.7 Å². The number of ether oxygens (including phenoxy) is 1. The molecule has 4 rings (SSSR count). The van der Waals surface area contributed by atoms with Crippen LogP contribution in [0.25, 0.3) is 10.8 Å². The molecule has 28 heavy (non-hydrogen) atoms. The van der Waals surface area contributed by atoms with E-state index in [9.17, 15) is 9.36 Å². The van der Waals surface area contributed by atoms with Gasteiger partial charge in [0.25, 0.3) is 5.91 Å². The Hall–Kier alpha value is -2.66. The quantitative estimate of drug-likeness (QED) is 0.658. The average Bonchev–Trinajstić information content (AvgIpc) is 2.75. The van der Waals surface area contributed by atoms with Gasteiger partial charge in [-0.3, -0.25) is 9.88 Å². The number of carbonyl (C=O) groups is 1. The molecule has 0 radical (unpaired) electrons. The third-order valence-electron chi connectivity index (χ3n) is 4.59. The Morgan fingerprint density at radius 1 is 0.929 bits per heavy atom. The lowest BCUT2D eigenvalue weighted by atomic mass is 10.1. The summed E-state index contributed by atoms with van der Waals surface area (Å²) in [5.41, 5.74) is 0.429. The van der Waals surface area contributed by atoms with Gasteiger partial charge in [-0.2, -0.15) is 4.67 Å². The van der Waals surface area contributed by atoms with Gasteiger partial charge in [0.1, 0.15) is 5.75 Å². The van der Waals surface area contributed by atoms with E-state index in [4.69, 9.17) is 9.26 Å². The van der Waals surface area contributed by atoms with Gasteiger partial charge in [-0.05, 0) is 35.0 Å². The summed E-state index contributed by atoms with van der Waals surface area (Å²) in [4.78, 5) is 12.7. The van der Waals surface area contributed by atoms with E-state index in [1.165, 1.54) is 0 Å². The lowest BCUT2D eigenvalue weighted by Gasteiger charge is -2.33. The number of hydrogen-bond acceptors (Lipinski definition) is 4. The van der Waals surface area contributed by atoms with Crippen LogP contribution in [0.2, 0.25) is 0 Å². The average molecular weight is 396 g/mol. The highest BCUT2D eigenvalue weighted by Crippen LogP contribution is 2.47. The lowest BCUT2D eigenvalue weighted by Crippen LogP contribution is -2.40. The molecule has 0 aliphatic carbocycles. The molecule has 3 aromatic rings. The van der Waals surface area contributed by atoms with Gasteiger partial charge in [0.2, 0.25) is 0 Å². The van der Waals surface area contributed by atoms with E-state index in [1.54, 1.807) is 35.0 Å². The van der Waals surface area contributed by atoms with Crippen LogP contribution in [0.4, 0.5) is 0 Å². The second-order valence-electron chi connectivity index (χ2n) is 6.49. The molecule has 0 aromatic heterocycles. The molecule has 1 aliphatic heterocycles. The molecule has 1 aliphatic rings. The van der Waals surface area contributed by atoms with Crippen molar-refractivity contribution in [1.82, 2.24) is 9.76 Å². The van der Waals surface area contributed by atoms with Gasteiger partial charge in [0.15, 0.2) is 0 Å². The van der Waals surface area contributed by atoms with E-state index >= 15 is 0 Å². The highest BCUT2D eigenvalue weighted by Gasteiger charge is 2.37. The lowest BCUT2D eigenvalue weighted by molar-refractivity contribution is 0.0666. The van der Waals surface area contributed by atoms with Crippen LogP contribution in [0.15, 0.2) is 72.8 Å². The third kappa shape index (κ3) is 4.09. The molecular formula is C21H21N2O4P. The summed E-state index contributed by atoms with van der Waals surface area (Å²) in [7, 11) is -3.66. The molecule has 1 amide bonds. The van der Waals surface area contributed by atoms with E-state index in [0.717, 1.165) is 10.8 Å². The Morgan fingerprint density at radius 2 is 1.61 bits per heavy atom. The fraction of sp³-hybridized carbons (Fsp3) is 0.190. The minimum absolute atomic E-state index is 0.417. The molecule has 144 valence electrons. The van der Waals surface area contributed by atoms with Crippen LogP contribution in [0.5, 0.6) is 5.75 Å². The fourth-order valence-electron chi connectivity index (χ4n) is 3.12. The molecule has 7 heteroatoms. The molecule has 1 fully saturated rings. The van der Waals surface area contributed by atoms with Gasteiger partial charge in [0.05, 0.1) is 13.2 Å². The van der Waals surface area contributed by atoms with Crippen LogP contribution in [0, 0.1) is 0 Å².